The average Bonchev–Trinajstić information content (AvgIpc) is 2.43. The molecule has 1 aromatic rings. The van der Waals surface area contributed by atoms with Gasteiger partial charge in [0.2, 0.25) is 0 Å². The molecule has 1 aliphatic heterocycles. The maximum absolute atomic E-state index is 5.88. The Morgan fingerprint density at radius 3 is 2.55 bits per heavy atom. The SMILES string of the molecule is C/C(=C/Cl)CN1CC(C)(C)NCC1(C)c1ccccc1. The molecule has 0 amide bonds. The molecule has 1 aliphatic rings. The molecule has 3 heteroatoms. The molecule has 1 unspecified atom stereocenters. The lowest BCUT2D eigenvalue weighted by Gasteiger charge is -2.51. The highest BCUT2D eigenvalue weighted by Gasteiger charge is 2.41. The number of hydrogen-bond donors (Lipinski definition) is 1. The van der Waals surface area contributed by atoms with Crippen molar-refractivity contribution in [2.24, 2.45) is 0 Å². The Balaban J connectivity index is 2.33. The third-order valence-corrected chi connectivity index (χ3v) is 4.59. The third-order valence-electron chi connectivity index (χ3n) is 4.22. The molecule has 110 valence electrons. The van der Waals surface area contributed by atoms with Crippen molar-refractivity contribution < 1.29 is 0 Å². The molecule has 1 heterocycles. The zero-order chi connectivity index (χ0) is 14.8. The molecule has 2 nitrogen and oxygen atoms in total. The maximum atomic E-state index is 5.88. The van der Waals surface area contributed by atoms with Crippen molar-refractivity contribution in [3.8, 4) is 0 Å². The standard InChI is InChI=1S/C17H25ClN2/c1-14(10-18)11-20-13-16(2,3)19-12-17(20,4)15-8-6-5-7-9-15/h5-10,19H,11-13H2,1-4H3/b14-10-. The van der Waals surface area contributed by atoms with Gasteiger partial charge in [-0.3, -0.25) is 4.90 Å². The minimum absolute atomic E-state index is 0.00204. The molecule has 0 saturated carbocycles. The molecule has 1 saturated heterocycles. The number of hydrogen-bond acceptors (Lipinski definition) is 2. The van der Waals surface area contributed by atoms with Crippen LogP contribution in [0.2, 0.25) is 0 Å². The molecule has 0 aliphatic carbocycles. The molecule has 1 aromatic carbocycles. The Labute approximate surface area is 127 Å². The van der Waals surface area contributed by atoms with E-state index in [9.17, 15) is 0 Å². The fourth-order valence-corrected chi connectivity index (χ4v) is 2.95. The van der Waals surface area contributed by atoms with Crippen LogP contribution in [-0.2, 0) is 5.54 Å². The second kappa shape index (κ2) is 5.88. The highest BCUT2D eigenvalue weighted by atomic mass is 35.5. The van der Waals surface area contributed by atoms with Gasteiger partial charge in [-0.2, -0.15) is 0 Å². The first-order valence-corrected chi connectivity index (χ1v) is 7.62. The molecule has 1 atom stereocenters. The lowest BCUT2D eigenvalue weighted by Crippen LogP contribution is -2.65. The van der Waals surface area contributed by atoms with E-state index in [0.29, 0.717) is 0 Å². The van der Waals surface area contributed by atoms with Crippen LogP contribution >= 0.6 is 11.6 Å². The van der Waals surface area contributed by atoms with Crippen LogP contribution in [0.5, 0.6) is 0 Å². The molecule has 1 N–H and O–H groups in total. The van der Waals surface area contributed by atoms with Crippen molar-refractivity contribution in [3.05, 3.63) is 47.0 Å². The van der Waals surface area contributed by atoms with Crippen molar-refractivity contribution in [3.63, 3.8) is 0 Å². The quantitative estimate of drug-likeness (QED) is 0.913. The second-order valence-electron chi connectivity index (χ2n) is 6.69. The van der Waals surface area contributed by atoms with Crippen LogP contribution < -0.4 is 5.32 Å². The summed E-state index contributed by atoms with van der Waals surface area (Å²) in [4.78, 5) is 2.53. The van der Waals surface area contributed by atoms with E-state index in [1.54, 1.807) is 5.54 Å². The molecule has 20 heavy (non-hydrogen) atoms. The maximum Gasteiger partial charge on any atom is 0.0561 e. The summed E-state index contributed by atoms with van der Waals surface area (Å²) in [5.74, 6) is 0. The van der Waals surface area contributed by atoms with E-state index in [1.807, 2.05) is 0 Å². The summed E-state index contributed by atoms with van der Waals surface area (Å²) >= 11 is 5.88. The fraction of sp³-hybridized carbons (Fsp3) is 0.529. The Kier molecular flexibility index (Phi) is 4.58. The average molecular weight is 293 g/mol. The Morgan fingerprint density at radius 1 is 1.30 bits per heavy atom. The molecular formula is C17H25ClN2. The first kappa shape index (κ1) is 15.6. The Hall–Kier alpha value is -0.830. The van der Waals surface area contributed by atoms with Crippen LogP contribution in [-0.4, -0.2) is 30.1 Å². The van der Waals surface area contributed by atoms with Gasteiger partial charge in [0.15, 0.2) is 0 Å². The monoisotopic (exact) mass is 292 g/mol. The summed E-state index contributed by atoms with van der Waals surface area (Å²) in [6.07, 6.45) is 0. The van der Waals surface area contributed by atoms with Gasteiger partial charge in [0.05, 0.1) is 5.54 Å². The van der Waals surface area contributed by atoms with E-state index in [2.05, 4.69) is 68.2 Å². The summed E-state index contributed by atoms with van der Waals surface area (Å²) in [5, 5.41) is 3.67. The normalized spacial score (nSPS) is 27.6. The van der Waals surface area contributed by atoms with Gasteiger partial charge in [0.25, 0.3) is 0 Å². The molecule has 0 radical (unpaired) electrons. The fourth-order valence-electron chi connectivity index (χ4n) is 2.88. The smallest absolute Gasteiger partial charge is 0.0561 e. The minimum Gasteiger partial charge on any atom is -0.308 e. The Morgan fingerprint density at radius 2 is 1.95 bits per heavy atom. The minimum atomic E-state index is -0.00204. The van der Waals surface area contributed by atoms with Crippen molar-refractivity contribution in [2.75, 3.05) is 19.6 Å². The van der Waals surface area contributed by atoms with E-state index in [0.717, 1.165) is 19.6 Å². The number of benzene rings is 1. The van der Waals surface area contributed by atoms with Gasteiger partial charge in [-0.25, -0.2) is 0 Å². The van der Waals surface area contributed by atoms with Crippen LogP contribution in [0, 0.1) is 0 Å². The van der Waals surface area contributed by atoms with E-state index >= 15 is 0 Å². The zero-order valence-electron chi connectivity index (χ0n) is 12.9. The first-order chi connectivity index (χ1) is 9.37. The lowest BCUT2D eigenvalue weighted by atomic mass is 9.84. The van der Waals surface area contributed by atoms with Gasteiger partial charge in [0.1, 0.15) is 0 Å². The molecule has 0 aromatic heterocycles. The molecule has 0 spiro atoms. The zero-order valence-corrected chi connectivity index (χ0v) is 13.7. The molecule has 0 bridgehead atoms. The molecular weight excluding hydrogens is 268 g/mol. The number of nitrogens with zero attached hydrogens (tertiary/aromatic N) is 1. The van der Waals surface area contributed by atoms with E-state index in [1.165, 1.54) is 11.1 Å². The van der Waals surface area contributed by atoms with Crippen LogP contribution in [0.1, 0.15) is 33.3 Å². The van der Waals surface area contributed by atoms with Crippen LogP contribution in [0.25, 0.3) is 0 Å². The van der Waals surface area contributed by atoms with E-state index in [4.69, 9.17) is 11.6 Å². The summed E-state index contributed by atoms with van der Waals surface area (Å²) in [6, 6.07) is 10.7. The summed E-state index contributed by atoms with van der Waals surface area (Å²) in [5.41, 5.74) is 4.37. The van der Waals surface area contributed by atoms with Crippen LogP contribution in [0.15, 0.2) is 41.4 Å². The van der Waals surface area contributed by atoms with Gasteiger partial charge >= 0.3 is 0 Å². The van der Waals surface area contributed by atoms with Crippen molar-refractivity contribution in [1.82, 2.24) is 10.2 Å². The van der Waals surface area contributed by atoms with Crippen LogP contribution in [0.3, 0.4) is 0 Å². The summed E-state index contributed by atoms with van der Waals surface area (Å²) in [7, 11) is 0. The first-order valence-electron chi connectivity index (χ1n) is 7.19. The van der Waals surface area contributed by atoms with Crippen molar-refractivity contribution >= 4 is 11.6 Å². The van der Waals surface area contributed by atoms with Gasteiger partial charge < -0.3 is 5.32 Å². The van der Waals surface area contributed by atoms with Gasteiger partial charge in [-0.1, -0.05) is 41.9 Å². The summed E-state index contributed by atoms with van der Waals surface area (Å²) < 4.78 is 0. The van der Waals surface area contributed by atoms with E-state index < -0.39 is 0 Å². The van der Waals surface area contributed by atoms with Crippen molar-refractivity contribution in [2.45, 2.75) is 38.8 Å². The van der Waals surface area contributed by atoms with Gasteiger partial charge in [0, 0.05) is 30.7 Å². The highest BCUT2D eigenvalue weighted by Crippen LogP contribution is 2.33. The predicted molar refractivity (Wildman–Crippen MR) is 87.1 cm³/mol. The van der Waals surface area contributed by atoms with Crippen molar-refractivity contribution in [1.29, 1.82) is 0 Å². The summed E-state index contributed by atoms with van der Waals surface area (Å²) in [6.45, 7) is 11.8. The van der Waals surface area contributed by atoms with E-state index in [-0.39, 0.29) is 11.1 Å². The number of piperazine rings is 1. The van der Waals surface area contributed by atoms with Gasteiger partial charge in [-0.15, -0.1) is 0 Å². The number of nitrogens with one attached hydrogen (secondary N) is 1. The topological polar surface area (TPSA) is 15.3 Å². The van der Waals surface area contributed by atoms with Crippen LogP contribution in [0.4, 0.5) is 0 Å². The third kappa shape index (κ3) is 3.25. The molecule has 1 fully saturated rings. The Bertz CT molecular complexity index is 481. The second-order valence-corrected chi connectivity index (χ2v) is 6.91. The number of rotatable bonds is 3. The number of halogens is 1. The lowest BCUT2D eigenvalue weighted by molar-refractivity contribution is 0.0325. The molecule has 2 rings (SSSR count). The van der Waals surface area contributed by atoms with Gasteiger partial charge in [-0.05, 0) is 38.8 Å². The largest absolute Gasteiger partial charge is 0.308 e. The highest BCUT2D eigenvalue weighted by molar-refractivity contribution is 6.25. The predicted octanol–water partition coefficient (Wildman–Crippen LogP) is 3.73.